The molecule has 3 rings (SSSR count). The summed E-state index contributed by atoms with van der Waals surface area (Å²) < 4.78 is 5.56. The molecule has 2 saturated heterocycles. The maximum Gasteiger partial charge on any atom is 0.289 e. The van der Waals surface area contributed by atoms with E-state index in [9.17, 15) is 9.59 Å². The van der Waals surface area contributed by atoms with E-state index in [2.05, 4.69) is 12.2 Å². The van der Waals surface area contributed by atoms with Crippen molar-refractivity contribution >= 4 is 11.8 Å². The Bertz CT molecular complexity index is 590. The number of hydrogen-bond acceptors (Lipinski definition) is 4. The van der Waals surface area contributed by atoms with E-state index >= 15 is 0 Å². The molecule has 2 amide bonds. The van der Waals surface area contributed by atoms with E-state index in [1.165, 1.54) is 0 Å². The lowest BCUT2D eigenvalue weighted by Gasteiger charge is -2.38. The molecule has 1 aromatic rings. The summed E-state index contributed by atoms with van der Waals surface area (Å²) in [5, 5.41) is 3.31. The van der Waals surface area contributed by atoms with Crippen LogP contribution in [0.4, 0.5) is 0 Å². The largest absolute Gasteiger partial charge is 0.456 e. The van der Waals surface area contributed by atoms with Crippen LogP contribution >= 0.6 is 0 Å². The quantitative estimate of drug-likeness (QED) is 0.911. The highest BCUT2D eigenvalue weighted by atomic mass is 16.4. The summed E-state index contributed by atoms with van der Waals surface area (Å²) in [5.74, 6) is 1.47. The van der Waals surface area contributed by atoms with Gasteiger partial charge in [0.15, 0.2) is 5.76 Å². The molecule has 1 aromatic heterocycles. The fourth-order valence-corrected chi connectivity index (χ4v) is 3.57. The molecule has 132 valence electrons. The zero-order valence-corrected chi connectivity index (χ0v) is 14.6. The molecule has 0 radical (unpaired) electrons. The van der Waals surface area contributed by atoms with Gasteiger partial charge in [-0.25, -0.2) is 0 Å². The van der Waals surface area contributed by atoms with Crippen LogP contribution in [0.25, 0.3) is 0 Å². The van der Waals surface area contributed by atoms with Crippen molar-refractivity contribution in [1.82, 2.24) is 15.1 Å². The summed E-state index contributed by atoms with van der Waals surface area (Å²) in [6, 6.07) is 3.86. The number of likely N-dealkylation sites (tertiary alicyclic amines) is 1. The van der Waals surface area contributed by atoms with Gasteiger partial charge in [-0.15, -0.1) is 0 Å². The summed E-state index contributed by atoms with van der Waals surface area (Å²) in [6.07, 6.45) is 2.26. The average Bonchev–Trinajstić information content (AvgIpc) is 3.10. The second-order valence-corrected chi connectivity index (χ2v) is 6.77. The number of carbonyl (C=O) groups excluding carboxylic acids is 2. The highest BCUT2D eigenvalue weighted by molar-refractivity contribution is 5.91. The van der Waals surface area contributed by atoms with Crippen molar-refractivity contribution in [1.29, 1.82) is 0 Å². The number of furan rings is 1. The van der Waals surface area contributed by atoms with E-state index in [-0.39, 0.29) is 23.8 Å². The van der Waals surface area contributed by atoms with Gasteiger partial charge in [-0.1, -0.05) is 6.92 Å². The molecule has 1 atom stereocenters. The zero-order valence-electron chi connectivity index (χ0n) is 14.6. The van der Waals surface area contributed by atoms with E-state index in [4.69, 9.17) is 4.42 Å². The molecule has 0 aromatic carbocycles. The number of aryl methyl sites for hydroxylation is 1. The fraction of sp³-hybridized carbons (Fsp3) is 0.667. The summed E-state index contributed by atoms with van der Waals surface area (Å²) in [6.45, 7) is 7.85. The summed E-state index contributed by atoms with van der Waals surface area (Å²) in [4.78, 5) is 29.0. The van der Waals surface area contributed by atoms with Crippen molar-refractivity contribution in [3.8, 4) is 0 Å². The lowest BCUT2D eigenvalue weighted by atomic mass is 9.94. The molecule has 2 fully saturated rings. The first-order valence-electron chi connectivity index (χ1n) is 8.99. The maximum absolute atomic E-state index is 12.7. The van der Waals surface area contributed by atoms with Crippen molar-refractivity contribution in [3.05, 3.63) is 23.7 Å². The van der Waals surface area contributed by atoms with E-state index in [0.717, 1.165) is 44.7 Å². The van der Waals surface area contributed by atoms with Gasteiger partial charge in [-0.3, -0.25) is 9.59 Å². The Morgan fingerprint density at radius 3 is 2.62 bits per heavy atom. The van der Waals surface area contributed by atoms with Gasteiger partial charge < -0.3 is 19.5 Å². The Hall–Kier alpha value is -1.82. The van der Waals surface area contributed by atoms with Crippen LogP contribution in [0.15, 0.2) is 16.5 Å². The predicted molar refractivity (Wildman–Crippen MR) is 90.8 cm³/mol. The number of hydrogen-bond donors (Lipinski definition) is 1. The van der Waals surface area contributed by atoms with Crippen molar-refractivity contribution < 1.29 is 14.0 Å². The number of rotatable bonds is 3. The van der Waals surface area contributed by atoms with Crippen LogP contribution in [0.1, 0.15) is 43.0 Å². The molecule has 2 aliphatic heterocycles. The smallest absolute Gasteiger partial charge is 0.289 e. The maximum atomic E-state index is 12.7. The number of nitrogens with one attached hydrogen (secondary N) is 1. The molecule has 3 heterocycles. The van der Waals surface area contributed by atoms with Crippen LogP contribution in [-0.4, -0.2) is 60.4 Å². The van der Waals surface area contributed by atoms with Gasteiger partial charge in [-0.2, -0.15) is 0 Å². The minimum atomic E-state index is -0.0591. The molecule has 2 aliphatic rings. The third kappa shape index (κ3) is 3.48. The molecule has 0 aliphatic carbocycles. The van der Waals surface area contributed by atoms with E-state index in [1.807, 2.05) is 22.8 Å². The van der Waals surface area contributed by atoms with Gasteiger partial charge in [0.05, 0.1) is 0 Å². The van der Waals surface area contributed by atoms with Crippen molar-refractivity contribution in [2.75, 3.05) is 32.7 Å². The molecule has 0 spiro atoms. The van der Waals surface area contributed by atoms with Gasteiger partial charge in [0, 0.05) is 51.1 Å². The number of amides is 2. The SMILES string of the molecule is CCc1ccc(C(=O)N2CCC(C(=O)N3CCNC[C@H]3C)CC2)o1. The molecule has 0 unspecified atom stereocenters. The molecular formula is C18H27N3O3. The summed E-state index contributed by atoms with van der Waals surface area (Å²) in [5.41, 5.74) is 0. The second kappa shape index (κ2) is 7.38. The van der Waals surface area contributed by atoms with Crippen molar-refractivity contribution in [3.63, 3.8) is 0 Å². The number of carbonyl (C=O) groups is 2. The Labute approximate surface area is 143 Å². The van der Waals surface area contributed by atoms with Crippen LogP contribution in [-0.2, 0) is 11.2 Å². The molecular weight excluding hydrogens is 306 g/mol. The molecule has 1 N–H and O–H groups in total. The van der Waals surface area contributed by atoms with Gasteiger partial charge in [0.1, 0.15) is 5.76 Å². The lowest BCUT2D eigenvalue weighted by Crippen LogP contribution is -2.55. The highest BCUT2D eigenvalue weighted by Gasteiger charge is 2.33. The van der Waals surface area contributed by atoms with E-state index in [1.54, 1.807) is 6.07 Å². The Balaban J connectivity index is 1.55. The minimum absolute atomic E-state index is 0.0393. The predicted octanol–water partition coefficient (Wildman–Crippen LogP) is 1.51. The summed E-state index contributed by atoms with van der Waals surface area (Å²) >= 11 is 0. The number of piperidine rings is 1. The second-order valence-electron chi connectivity index (χ2n) is 6.77. The molecule has 0 saturated carbocycles. The average molecular weight is 333 g/mol. The van der Waals surface area contributed by atoms with Crippen LogP contribution in [0.5, 0.6) is 0 Å². The zero-order chi connectivity index (χ0) is 17.1. The summed E-state index contributed by atoms with van der Waals surface area (Å²) in [7, 11) is 0. The van der Waals surface area contributed by atoms with Crippen molar-refractivity contribution in [2.24, 2.45) is 5.92 Å². The monoisotopic (exact) mass is 333 g/mol. The minimum Gasteiger partial charge on any atom is -0.456 e. The third-order valence-corrected chi connectivity index (χ3v) is 5.14. The van der Waals surface area contributed by atoms with Gasteiger partial charge >= 0.3 is 0 Å². The molecule has 6 heteroatoms. The van der Waals surface area contributed by atoms with Crippen LogP contribution in [0, 0.1) is 5.92 Å². The number of nitrogens with zero attached hydrogens (tertiary/aromatic N) is 2. The van der Waals surface area contributed by atoms with Crippen molar-refractivity contribution in [2.45, 2.75) is 39.2 Å². The third-order valence-electron chi connectivity index (χ3n) is 5.14. The first-order chi connectivity index (χ1) is 11.6. The molecule has 24 heavy (non-hydrogen) atoms. The first kappa shape index (κ1) is 17.0. The topological polar surface area (TPSA) is 65.8 Å². The Morgan fingerprint density at radius 2 is 2.00 bits per heavy atom. The standard InChI is InChI=1S/C18H27N3O3/c1-3-15-4-5-16(24-15)18(23)20-9-6-14(7-10-20)17(22)21-11-8-19-12-13(21)2/h4-5,13-14,19H,3,6-12H2,1-2H3/t13-/m1/s1. The molecule has 0 bridgehead atoms. The van der Waals surface area contributed by atoms with Crippen LogP contribution in [0.3, 0.4) is 0 Å². The molecule has 6 nitrogen and oxygen atoms in total. The van der Waals surface area contributed by atoms with E-state index < -0.39 is 0 Å². The highest BCUT2D eigenvalue weighted by Crippen LogP contribution is 2.23. The van der Waals surface area contributed by atoms with E-state index in [0.29, 0.717) is 18.8 Å². The van der Waals surface area contributed by atoms with Gasteiger partial charge in [-0.05, 0) is 31.9 Å². The van der Waals surface area contributed by atoms with Crippen LogP contribution in [0.2, 0.25) is 0 Å². The Morgan fingerprint density at radius 1 is 1.25 bits per heavy atom. The fourth-order valence-electron chi connectivity index (χ4n) is 3.57. The normalized spacial score (nSPS) is 22.7. The van der Waals surface area contributed by atoms with Gasteiger partial charge in [0.25, 0.3) is 5.91 Å². The van der Waals surface area contributed by atoms with Crippen LogP contribution < -0.4 is 5.32 Å². The Kier molecular flexibility index (Phi) is 5.23. The lowest BCUT2D eigenvalue weighted by molar-refractivity contribution is -0.139. The first-order valence-corrected chi connectivity index (χ1v) is 8.99. The van der Waals surface area contributed by atoms with Gasteiger partial charge in [0.2, 0.25) is 5.91 Å². The number of piperazine rings is 1.